The summed E-state index contributed by atoms with van der Waals surface area (Å²) in [5.74, 6) is -3.32. The van der Waals surface area contributed by atoms with E-state index in [1.54, 1.807) is 13.0 Å². The molecule has 1 aliphatic carbocycles. The number of esters is 1. The van der Waals surface area contributed by atoms with Crippen LogP contribution in [-0.4, -0.2) is 17.9 Å². The maximum absolute atomic E-state index is 12.2. The molecule has 1 aromatic rings. The second-order valence-electron chi connectivity index (χ2n) is 4.29. The van der Waals surface area contributed by atoms with Crippen molar-refractivity contribution in [2.75, 3.05) is 0 Å². The van der Waals surface area contributed by atoms with Crippen LogP contribution in [0.25, 0.3) is 0 Å². The standard InChI is InChI=1S/C12H8BrF3O3/c1-5-2-6-3-7(13)4-8(9(6)10(5)17)19-11(18)12(14,15)16/h3-5H,2H2,1H3. The van der Waals surface area contributed by atoms with E-state index in [4.69, 9.17) is 0 Å². The zero-order valence-electron chi connectivity index (χ0n) is 9.68. The summed E-state index contributed by atoms with van der Waals surface area (Å²) < 4.78 is 41.3. The Morgan fingerprint density at radius 2 is 2.05 bits per heavy atom. The molecule has 0 bridgehead atoms. The van der Waals surface area contributed by atoms with Gasteiger partial charge in [-0.15, -0.1) is 0 Å². The van der Waals surface area contributed by atoms with Gasteiger partial charge in [0.05, 0.1) is 5.56 Å². The summed E-state index contributed by atoms with van der Waals surface area (Å²) in [6, 6.07) is 2.83. The first kappa shape index (κ1) is 14.0. The average molecular weight is 337 g/mol. The molecule has 0 spiro atoms. The summed E-state index contributed by atoms with van der Waals surface area (Å²) in [5, 5.41) is 0. The highest BCUT2D eigenvalue weighted by atomic mass is 79.9. The number of hydrogen-bond acceptors (Lipinski definition) is 3. The summed E-state index contributed by atoms with van der Waals surface area (Å²) in [4.78, 5) is 22.7. The molecule has 3 nitrogen and oxygen atoms in total. The van der Waals surface area contributed by atoms with Crippen LogP contribution in [0.1, 0.15) is 22.8 Å². The Bertz CT molecular complexity index is 566. The molecule has 19 heavy (non-hydrogen) atoms. The van der Waals surface area contributed by atoms with Crippen LogP contribution in [-0.2, 0) is 11.2 Å². The van der Waals surface area contributed by atoms with E-state index in [9.17, 15) is 22.8 Å². The molecular formula is C12H8BrF3O3. The van der Waals surface area contributed by atoms with E-state index in [-0.39, 0.29) is 23.0 Å². The number of rotatable bonds is 1. The van der Waals surface area contributed by atoms with Crippen LogP contribution in [0.5, 0.6) is 5.75 Å². The Balaban J connectivity index is 2.43. The number of alkyl halides is 3. The predicted octanol–water partition coefficient (Wildman–Crippen LogP) is 3.29. The molecule has 0 fully saturated rings. The smallest absolute Gasteiger partial charge is 0.419 e. The van der Waals surface area contributed by atoms with Crippen LogP contribution in [0, 0.1) is 5.92 Å². The zero-order valence-corrected chi connectivity index (χ0v) is 11.3. The molecule has 0 aliphatic heterocycles. The fourth-order valence-electron chi connectivity index (χ4n) is 1.98. The van der Waals surface area contributed by atoms with Gasteiger partial charge in [0.2, 0.25) is 0 Å². The molecule has 102 valence electrons. The van der Waals surface area contributed by atoms with E-state index in [2.05, 4.69) is 20.7 Å². The first-order chi connectivity index (χ1) is 8.70. The minimum atomic E-state index is -5.09. The van der Waals surface area contributed by atoms with E-state index in [0.717, 1.165) is 0 Å². The molecule has 0 radical (unpaired) electrons. The van der Waals surface area contributed by atoms with Gasteiger partial charge in [0.15, 0.2) is 5.78 Å². The highest BCUT2D eigenvalue weighted by molar-refractivity contribution is 9.10. The monoisotopic (exact) mass is 336 g/mol. The normalized spacial score (nSPS) is 18.4. The first-order valence-corrected chi connectivity index (χ1v) is 6.15. The van der Waals surface area contributed by atoms with Gasteiger partial charge in [-0.1, -0.05) is 22.9 Å². The number of fused-ring (bicyclic) bond motifs is 1. The number of ether oxygens (including phenoxy) is 1. The van der Waals surface area contributed by atoms with Gasteiger partial charge in [-0.05, 0) is 24.1 Å². The molecule has 1 atom stereocenters. The van der Waals surface area contributed by atoms with Crippen molar-refractivity contribution in [1.82, 2.24) is 0 Å². The van der Waals surface area contributed by atoms with Gasteiger partial charge >= 0.3 is 12.1 Å². The van der Waals surface area contributed by atoms with E-state index in [1.807, 2.05) is 0 Å². The van der Waals surface area contributed by atoms with Crippen molar-refractivity contribution < 1.29 is 27.5 Å². The third-order valence-corrected chi connectivity index (χ3v) is 3.26. The lowest BCUT2D eigenvalue weighted by Gasteiger charge is -2.10. The molecule has 0 heterocycles. The number of carbonyl (C=O) groups excluding carboxylic acids is 2. The Morgan fingerprint density at radius 3 is 2.63 bits per heavy atom. The van der Waals surface area contributed by atoms with Crippen LogP contribution in [0.2, 0.25) is 0 Å². The van der Waals surface area contributed by atoms with Gasteiger partial charge in [0.1, 0.15) is 5.75 Å². The lowest BCUT2D eigenvalue weighted by molar-refractivity contribution is -0.189. The fraction of sp³-hybridized carbons (Fsp3) is 0.333. The second kappa shape index (κ2) is 4.63. The van der Waals surface area contributed by atoms with Crippen molar-refractivity contribution in [3.05, 3.63) is 27.7 Å². The number of hydrogen-bond donors (Lipinski definition) is 0. The molecule has 0 aromatic heterocycles. The van der Waals surface area contributed by atoms with E-state index >= 15 is 0 Å². The fourth-order valence-corrected chi connectivity index (χ4v) is 2.47. The number of ketones is 1. The minimum absolute atomic E-state index is 0.0632. The molecule has 7 heteroatoms. The summed E-state index contributed by atoms with van der Waals surface area (Å²) in [7, 11) is 0. The number of halogens is 4. The van der Waals surface area contributed by atoms with Crippen LogP contribution in [0.4, 0.5) is 13.2 Å². The Kier molecular flexibility index (Phi) is 3.42. The molecule has 2 rings (SSSR count). The van der Waals surface area contributed by atoms with Crippen molar-refractivity contribution in [1.29, 1.82) is 0 Å². The summed E-state index contributed by atoms with van der Waals surface area (Å²) >= 11 is 3.11. The Morgan fingerprint density at radius 1 is 1.42 bits per heavy atom. The summed E-state index contributed by atoms with van der Waals surface area (Å²) in [6.45, 7) is 1.67. The van der Waals surface area contributed by atoms with Crippen LogP contribution < -0.4 is 4.74 Å². The SMILES string of the molecule is CC1Cc2cc(Br)cc(OC(=O)C(F)(F)F)c2C1=O. The highest BCUT2D eigenvalue weighted by Gasteiger charge is 2.42. The topological polar surface area (TPSA) is 43.4 Å². The summed E-state index contributed by atoms with van der Waals surface area (Å²) in [5.41, 5.74) is 0.644. The van der Waals surface area contributed by atoms with E-state index in [0.29, 0.717) is 16.5 Å². The molecule has 0 saturated carbocycles. The highest BCUT2D eigenvalue weighted by Crippen LogP contribution is 2.37. The van der Waals surface area contributed by atoms with E-state index < -0.39 is 12.1 Å². The Hall–Kier alpha value is -1.37. The maximum Gasteiger partial charge on any atom is 0.491 e. The summed E-state index contributed by atoms with van der Waals surface area (Å²) in [6.07, 6.45) is -4.67. The Labute approximate surface area is 114 Å². The average Bonchev–Trinajstić information content (AvgIpc) is 2.52. The zero-order chi connectivity index (χ0) is 14.4. The lowest BCUT2D eigenvalue weighted by atomic mass is 10.1. The molecular weight excluding hydrogens is 329 g/mol. The third kappa shape index (κ3) is 2.65. The van der Waals surface area contributed by atoms with Crippen molar-refractivity contribution >= 4 is 27.7 Å². The first-order valence-electron chi connectivity index (χ1n) is 5.35. The van der Waals surface area contributed by atoms with Crippen LogP contribution in [0.3, 0.4) is 0 Å². The molecule has 0 saturated heterocycles. The van der Waals surface area contributed by atoms with Gasteiger partial charge < -0.3 is 4.74 Å². The number of benzene rings is 1. The predicted molar refractivity (Wildman–Crippen MR) is 63.0 cm³/mol. The molecule has 1 aromatic carbocycles. The van der Waals surface area contributed by atoms with Crippen molar-refractivity contribution in [2.45, 2.75) is 19.5 Å². The van der Waals surface area contributed by atoms with Crippen LogP contribution >= 0.6 is 15.9 Å². The van der Waals surface area contributed by atoms with Crippen molar-refractivity contribution in [3.8, 4) is 5.75 Å². The molecule has 0 amide bonds. The quantitative estimate of drug-likeness (QED) is 0.583. The number of Topliss-reactive ketones (excluding diaryl/α,β-unsaturated/α-hetero) is 1. The third-order valence-electron chi connectivity index (χ3n) is 2.80. The van der Waals surface area contributed by atoms with Gasteiger partial charge in [-0.25, -0.2) is 4.79 Å². The molecule has 1 unspecified atom stereocenters. The van der Waals surface area contributed by atoms with Gasteiger partial charge in [-0.3, -0.25) is 4.79 Å². The second-order valence-corrected chi connectivity index (χ2v) is 5.21. The van der Waals surface area contributed by atoms with Crippen LogP contribution in [0.15, 0.2) is 16.6 Å². The minimum Gasteiger partial charge on any atom is -0.419 e. The number of carbonyl (C=O) groups is 2. The van der Waals surface area contributed by atoms with E-state index in [1.165, 1.54) is 6.07 Å². The van der Waals surface area contributed by atoms with Gasteiger partial charge in [0, 0.05) is 10.4 Å². The van der Waals surface area contributed by atoms with Gasteiger partial charge in [-0.2, -0.15) is 13.2 Å². The maximum atomic E-state index is 12.2. The van der Waals surface area contributed by atoms with Gasteiger partial charge in [0.25, 0.3) is 0 Å². The lowest BCUT2D eigenvalue weighted by Crippen LogP contribution is -2.28. The molecule has 0 N–H and O–H groups in total. The molecule has 1 aliphatic rings. The largest absolute Gasteiger partial charge is 0.491 e. The van der Waals surface area contributed by atoms with Crippen molar-refractivity contribution in [2.24, 2.45) is 5.92 Å². The van der Waals surface area contributed by atoms with Crippen molar-refractivity contribution in [3.63, 3.8) is 0 Å².